The van der Waals surface area contributed by atoms with E-state index in [1.54, 1.807) is 18.2 Å². The van der Waals surface area contributed by atoms with Crippen LogP contribution < -0.4 is 4.74 Å². The molecule has 1 amide bonds. The van der Waals surface area contributed by atoms with E-state index in [-0.39, 0.29) is 5.91 Å². The predicted octanol–water partition coefficient (Wildman–Crippen LogP) is 2.78. The Balaban J connectivity index is 2.31. The average Bonchev–Trinajstić information content (AvgIpc) is 2.47. The van der Waals surface area contributed by atoms with Crippen LogP contribution in [-0.4, -0.2) is 41.6 Å². The lowest BCUT2D eigenvalue weighted by molar-refractivity contribution is -0.144. The van der Waals surface area contributed by atoms with Crippen molar-refractivity contribution in [1.82, 2.24) is 4.90 Å². The van der Waals surface area contributed by atoms with Crippen molar-refractivity contribution in [3.05, 3.63) is 28.2 Å². The molecule has 21 heavy (non-hydrogen) atoms. The minimum Gasteiger partial charge on any atom is -0.497 e. The molecule has 1 N–H and O–H groups in total. The van der Waals surface area contributed by atoms with Crippen LogP contribution in [0, 0.1) is 5.92 Å². The summed E-state index contributed by atoms with van der Waals surface area (Å²) < 4.78 is 5.77. The van der Waals surface area contributed by atoms with Crippen LogP contribution in [-0.2, 0) is 4.79 Å². The second-order valence-corrected chi connectivity index (χ2v) is 6.18. The number of carboxylic acids is 1. The summed E-state index contributed by atoms with van der Waals surface area (Å²) in [5.74, 6) is -0.350. The third-order valence-electron chi connectivity index (χ3n) is 3.81. The number of piperidine rings is 1. The predicted molar refractivity (Wildman–Crippen MR) is 81.6 cm³/mol. The Hall–Kier alpha value is -1.56. The van der Waals surface area contributed by atoms with Crippen molar-refractivity contribution < 1.29 is 19.4 Å². The largest absolute Gasteiger partial charge is 0.497 e. The van der Waals surface area contributed by atoms with E-state index in [0.29, 0.717) is 34.7 Å². The summed E-state index contributed by atoms with van der Waals surface area (Å²) in [7, 11) is 1.53. The molecule has 1 saturated heterocycles. The molecule has 0 radical (unpaired) electrons. The zero-order chi connectivity index (χ0) is 15.6. The van der Waals surface area contributed by atoms with Crippen molar-refractivity contribution in [3.63, 3.8) is 0 Å². The number of ether oxygens (including phenoxy) is 1. The van der Waals surface area contributed by atoms with Crippen LogP contribution in [0.15, 0.2) is 22.7 Å². The van der Waals surface area contributed by atoms with Gasteiger partial charge in [-0.25, -0.2) is 4.79 Å². The van der Waals surface area contributed by atoms with E-state index < -0.39 is 12.0 Å². The SMILES string of the molecule is COc1ccc(Br)c(C(=O)N2CCC(C)CC2C(=O)O)c1. The van der Waals surface area contributed by atoms with Gasteiger partial charge in [-0.15, -0.1) is 0 Å². The fourth-order valence-corrected chi connectivity index (χ4v) is 2.98. The van der Waals surface area contributed by atoms with Crippen LogP contribution in [0.2, 0.25) is 0 Å². The summed E-state index contributed by atoms with van der Waals surface area (Å²) in [6.07, 6.45) is 1.31. The van der Waals surface area contributed by atoms with Crippen molar-refractivity contribution >= 4 is 27.8 Å². The van der Waals surface area contributed by atoms with E-state index in [4.69, 9.17) is 4.74 Å². The van der Waals surface area contributed by atoms with E-state index in [1.165, 1.54) is 12.0 Å². The monoisotopic (exact) mass is 355 g/mol. The number of carbonyl (C=O) groups is 2. The number of likely N-dealkylation sites (tertiary alicyclic amines) is 1. The molecule has 0 aliphatic carbocycles. The van der Waals surface area contributed by atoms with Crippen LogP contribution in [0.3, 0.4) is 0 Å². The summed E-state index contributed by atoms with van der Waals surface area (Å²) in [6.45, 7) is 2.47. The molecule has 2 unspecified atom stereocenters. The minimum atomic E-state index is -0.950. The summed E-state index contributed by atoms with van der Waals surface area (Å²) in [5.41, 5.74) is 0.426. The molecule has 0 saturated carbocycles. The fraction of sp³-hybridized carbons (Fsp3) is 0.467. The molecule has 1 aliphatic rings. The maximum absolute atomic E-state index is 12.7. The highest BCUT2D eigenvalue weighted by atomic mass is 79.9. The van der Waals surface area contributed by atoms with Crippen molar-refractivity contribution in [2.75, 3.05) is 13.7 Å². The van der Waals surface area contributed by atoms with Crippen LogP contribution in [0.1, 0.15) is 30.1 Å². The van der Waals surface area contributed by atoms with Gasteiger partial charge in [0.15, 0.2) is 0 Å². The molecule has 0 spiro atoms. The Bertz CT molecular complexity index is 561. The van der Waals surface area contributed by atoms with E-state index >= 15 is 0 Å². The lowest BCUT2D eigenvalue weighted by atomic mass is 9.92. The van der Waals surface area contributed by atoms with Gasteiger partial charge in [0.25, 0.3) is 5.91 Å². The number of halogens is 1. The van der Waals surface area contributed by atoms with Crippen molar-refractivity contribution in [1.29, 1.82) is 0 Å². The van der Waals surface area contributed by atoms with Crippen molar-refractivity contribution in [2.45, 2.75) is 25.8 Å². The molecule has 1 aliphatic heterocycles. The smallest absolute Gasteiger partial charge is 0.326 e. The van der Waals surface area contributed by atoms with E-state index in [1.807, 2.05) is 6.92 Å². The molecule has 0 bridgehead atoms. The zero-order valence-corrected chi connectivity index (χ0v) is 13.6. The first kappa shape index (κ1) is 15.8. The molecule has 2 rings (SSSR count). The van der Waals surface area contributed by atoms with E-state index in [2.05, 4.69) is 15.9 Å². The minimum absolute atomic E-state index is 0.278. The fourth-order valence-electron chi connectivity index (χ4n) is 2.57. The Morgan fingerprint density at radius 3 is 2.76 bits per heavy atom. The highest BCUT2D eigenvalue weighted by Gasteiger charge is 2.35. The van der Waals surface area contributed by atoms with Gasteiger partial charge in [-0.2, -0.15) is 0 Å². The molecular formula is C15H18BrNO4. The zero-order valence-electron chi connectivity index (χ0n) is 12.0. The number of amides is 1. The lowest BCUT2D eigenvalue weighted by Crippen LogP contribution is -2.49. The second-order valence-electron chi connectivity index (χ2n) is 5.33. The highest BCUT2D eigenvalue weighted by molar-refractivity contribution is 9.10. The molecule has 1 fully saturated rings. The normalized spacial score (nSPS) is 22.0. The van der Waals surface area contributed by atoms with Gasteiger partial charge in [-0.05, 0) is 52.9 Å². The third-order valence-corrected chi connectivity index (χ3v) is 4.51. The second kappa shape index (κ2) is 6.47. The Morgan fingerprint density at radius 2 is 2.14 bits per heavy atom. The highest BCUT2D eigenvalue weighted by Crippen LogP contribution is 2.28. The standard InChI is InChI=1S/C15H18BrNO4/c1-9-5-6-17(13(7-9)15(19)20)14(18)11-8-10(21-2)3-4-12(11)16/h3-4,8-9,13H,5-7H2,1-2H3,(H,19,20). The number of carboxylic acid groups (broad SMARTS) is 1. The number of methoxy groups -OCH3 is 1. The van der Waals surface area contributed by atoms with Gasteiger partial charge in [-0.3, -0.25) is 4.79 Å². The van der Waals surface area contributed by atoms with Gasteiger partial charge in [0.1, 0.15) is 11.8 Å². The third kappa shape index (κ3) is 3.37. The van der Waals surface area contributed by atoms with Crippen LogP contribution in [0.4, 0.5) is 0 Å². The number of rotatable bonds is 3. The number of carbonyl (C=O) groups excluding carboxylic acids is 1. The van der Waals surface area contributed by atoms with Crippen LogP contribution in [0.5, 0.6) is 5.75 Å². The number of hydrogen-bond donors (Lipinski definition) is 1. The molecule has 2 atom stereocenters. The van der Waals surface area contributed by atoms with Crippen LogP contribution >= 0.6 is 15.9 Å². The Morgan fingerprint density at radius 1 is 1.43 bits per heavy atom. The molecule has 114 valence electrons. The number of aliphatic carboxylic acids is 1. The first-order valence-corrected chi connectivity index (χ1v) is 7.60. The summed E-state index contributed by atoms with van der Waals surface area (Å²) >= 11 is 3.35. The molecular weight excluding hydrogens is 338 g/mol. The summed E-state index contributed by atoms with van der Waals surface area (Å²) in [4.78, 5) is 25.6. The average molecular weight is 356 g/mol. The summed E-state index contributed by atoms with van der Waals surface area (Å²) in [5, 5.41) is 9.36. The number of hydrogen-bond acceptors (Lipinski definition) is 3. The van der Waals surface area contributed by atoms with Gasteiger partial charge in [0.05, 0.1) is 12.7 Å². The molecule has 0 aromatic heterocycles. The lowest BCUT2D eigenvalue weighted by Gasteiger charge is -2.36. The van der Waals surface area contributed by atoms with E-state index in [0.717, 1.165) is 6.42 Å². The molecule has 6 heteroatoms. The number of nitrogens with zero attached hydrogens (tertiary/aromatic N) is 1. The van der Waals surface area contributed by atoms with Gasteiger partial charge in [0, 0.05) is 11.0 Å². The van der Waals surface area contributed by atoms with Gasteiger partial charge in [-0.1, -0.05) is 6.92 Å². The molecule has 1 heterocycles. The first-order chi connectivity index (χ1) is 9.93. The first-order valence-electron chi connectivity index (χ1n) is 6.81. The molecule has 1 aromatic carbocycles. The van der Waals surface area contributed by atoms with Crippen LogP contribution in [0.25, 0.3) is 0 Å². The maximum Gasteiger partial charge on any atom is 0.326 e. The Kier molecular flexibility index (Phi) is 4.88. The topological polar surface area (TPSA) is 66.8 Å². The Labute approximate surface area is 132 Å². The van der Waals surface area contributed by atoms with Crippen molar-refractivity contribution in [3.8, 4) is 5.75 Å². The van der Waals surface area contributed by atoms with Crippen molar-refractivity contribution in [2.24, 2.45) is 5.92 Å². The molecule has 5 nitrogen and oxygen atoms in total. The maximum atomic E-state index is 12.7. The van der Waals surface area contributed by atoms with Gasteiger partial charge < -0.3 is 14.7 Å². The molecule has 1 aromatic rings. The van der Waals surface area contributed by atoms with Gasteiger partial charge >= 0.3 is 5.97 Å². The number of benzene rings is 1. The van der Waals surface area contributed by atoms with E-state index in [9.17, 15) is 14.7 Å². The quantitative estimate of drug-likeness (QED) is 0.905. The summed E-state index contributed by atoms with van der Waals surface area (Å²) in [6, 6.07) is 4.34. The van der Waals surface area contributed by atoms with Gasteiger partial charge in [0.2, 0.25) is 0 Å².